The Morgan fingerprint density at radius 1 is 1.24 bits per heavy atom. The Kier molecular flexibility index (Phi) is 5.49. The number of pyridine rings is 1. The molecule has 0 fully saturated rings. The van der Waals surface area contributed by atoms with Crippen LogP contribution in [0.15, 0.2) is 36.9 Å². The van der Waals surface area contributed by atoms with E-state index in [4.69, 9.17) is 0 Å². The molecular formula is C16H23N5. The zero-order valence-electron chi connectivity index (χ0n) is 13.0. The minimum Gasteiger partial charge on any atom is -0.367 e. The van der Waals surface area contributed by atoms with Crippen molar-refractivity contribution in [3.63, 3.8) is 0 Å². The molecule has 1 N–H and O–H groups in total. The molecular weight excluding hydrogens is 262 g/mol. The van der Waals surface area contributed by atoms with Crippen LogP contribution >= 0.6 is 0 Å². The van der Waals surface area contributed by atoms with Crippen LogP contribution in [0.5, 0.6) is 0 Å². The zero-order chi connectivity index (χ0) is 15.1. The normalized spacial score (nSPS) is 12.0. The van der Waals surface area contributed by atoms with Crippen molar-refractivity contribution in [1.82, 2.24) is 15.0 Å². The van der Waals surface area contributed by atoms with Crippen molar-refractivity contribution >= 4 is 11.6 Å². The Bertz CT molecular complexity index is 543. The van der Waals surface area contributed by atoms with Gasteiger partial charge in [0.1, 0.15) is 18.0 Å². The lowest BCUT2D eigenvalue weighted by Crippen LogP contribution is -2.22. The molecule has 21 heavy (non-hydrogen) atoms. The molecule has 0 aliphatic rings. The van der Waals surface area contributed by atoms with Crippen molar-refractivity contribution in [2.75, 3.05) is 23.8 Å². The standard InChI is InChI=1S/C16H23N5/c1-4-13(2)20-15-11-16(19-12-18-15)21(3)10-7-14-5-8-17-9-6-14/h5-6,8-9,11-13H,4,7,10H2,1-3H3,(H,18,19,20). The number of nitrogens with zero attached hydrogens (tertiary/aromatic N) is 4. The third-order valence-electron chi connectivity index (χ3n) is 3.54. The first-order valence-corrected chi connectivity index (χ1v) is 7.37. The van der Waals surface area contributed by atoms with Crippen molar-refractivity contribution in [2.45, 2.75) is 32.7 Å². The van der Waals surface area contributed by atoms with E-state index in [0.29, 0.717) is 6.04 Å². The number of hydrogen-bond donors (Lipinski definition) is 1. The van der Waals surface area contributed by atoms with Gasteiger partial charge in [0.05, 0.1) is 0 Å². The fourth-order valence-electron chi connectivity index (χ4n) is 1.95. The molecule has 0 spiro atoms. The van der Waals surface area contributed by atoms with Gasteiger partial charge >= 0.3 is 0 Å². The number of aromatic nitrogens is 3. The molecule has 2 aromatic rings. The van der Waals surface area contributed by atoms with Gasteiger partial charge < -0.3 is 10.2 Å². The smallest absolute Gasteiger partial charge is 0.133 e. The van der Waals surface area contributed by atoms with Crippen LogP contribution in [-0.2, 0) is 6.42 Å². The molecule has 1 atom stereocenters. The highest BCUT2D eigenvalue weighted by molar-refractivity contribution is 5.48. The van der Waals surface area contributed by atoms with Crippen LogP contribution in [0.2, 0.25) is 0 Å². The minimum atomic E-state index is 0.412. The zero-order valence-corrected chi connectivity index (χ0v) is 13.0. The first-order valence-electron chi connectivity index (χ1n) is 7.37. The van der Waals surface area contributed by atoms with E-state index in [-0.39, 0.29) is 0 Å². The van der Waals surface area contributed by atoms with Gasteiger partial charge in [-0.1, -0.05) is 6.92 Å². The Morgan fingerprint density at radius 3 is 2.71 bits per heavy atom. The van der Waals surface area contributed by atoms with E-state index in [9.17, 15) is 0 Å². The van der Waals surface area contributed by atoms with Gasteiger partial charge in [-0.2, -0.15) is 0 Å². The van der Waals surface area contributed by atoms with Crippen LogP contribution in [0.3, 0.4) is 0 Å². The Hall–Kier alpha value is -2.17. The lowest BCUT2D eigenvalue weighted by atomic mass is 10.2. The summed E-state index contributed by atoms with van der Waals surface area (Å²) >= 11 is 0. The average molecular weight is 285 g/mol. The van der Waals surface area contributed by atoms with E-state index in [0.717, 1.165) is 31.0 Å². The van der Waals surface area contributed by atoms with Gasteiger partial charge in [0.2, 0.25) is 0 Å². The van der Waals surface area contributed by atoms with Crippen molar-refractivity contribution in [3.05, 3.63) is 42.5 Å². The quantitative estimate of drug-likeness (QED) is 0.847. The van der Waals surface area contributed by atoms with Gasteiger partial charge in [0.15, 0.2) is 0 Å². The molecule has 0 aliphatic carbocycles. The first-order chi connectivity index (χ1) is 10.2. The van der Waals surface area contributed by atoms with Gasteiger partial charge in [0.25, 0.3) is 0 Å². The number of hydrogen-bond acceptors (Lipinski definition) is 5. The number of rotatable bonds is 7. The van der Waals surface area contributed by atoms with E-state index in [1.54, 1.807) is 6.33 Å². The van der Waals surface area contributed by atoms with Crippen LogP contribution in [0.25, 0.3) is 0 Å². The molecule has 0 amide bonds. The van der Waals surface area contributed by atoms with Crippen LogP contribution in [0.1, 0.15) is 25.8 Å². The van der Waals surface area contributed by atoms with E-state index in [1.807, 2.05) is 30.6 Å². The molecule has 0 aliphatic heterocycles. The van der Waals surface area contributed by atoms with Gasteiger partial charge in [-0.15, -0.1) is 0 Å². The Labute approximate surface area is 126 Å². The number of likely N-dealkylation sites (N-methyl/N-ethyl adjacent to an activating group) is 1. The fourth-order valence-corrected chi connectivity index (χ4v) is 1.95. The van der Waals surface area contributed by atoms with Gasteiger partial charge in [-0.3, -0.25) is 4.98 Å². The van der Waals surface area contributed by atoms with Gasteiger partial charge in [-0.25, -0.2) is 9.97 Å². The largest absolute Gasteiger partial charge is 0.367 e. The summed E-state index contributed by atoms with van der Waals surface area (Å²) in [5, 5.41) is 3.37. The summed E-state index contributed by atoms with van der Waals surface area (Å²) in [6.07, 6.45) is 7.31. The second-order valence-corrected chi connectivity index (χ2v) is 5.24. The van der Waals surface area contributed by atoms with E-state index < -0.39 is 0 Å². The van der Waals surface area contributed by atoms with E-state index in [2.05, 4.69) is 46.1 Å². The maximum atomic E-state index is 4.35. The average Bonchev–Trinajstić information content (AvgIpc) is 2.53. The fraction of sp³-hybridized carbons (Fsp3) is 0.438. The summed E-state index contributed by atoms with van der Waals surface area (Å²) in [6.45, 7) is 5.21. The highest BCUT2D eigenvalue weighted by Crippen LogP contribution is 2.14. The summed E-state index contributed by atoms with van der Waals surface area (Å²) in [5.74, 6) is 1.81. The van der Waals surface area contributed by atoms with Crippen molar-refractivity contribution in [1.29, 1.82) is 0 Å². The summed E-state index contributed by atoms with van der Waals surface area (Å²) in [6, 6.07) is 6.50. The third-order valence-corrected chi connectivity index (χ3v) is 3.54. The Morgan fingerprint density at radius 2 is 2.00 bits per heavy atom. The molecule has 5 heteroatoms. The van der Waals surface area contributed by atoms with Gasteiger partial charge in [0, 0.05) is 38.1 Å². The van der Waals surface area contributed by atoms with E-state index >= 15 is 0 Å². The van der Waals surface area contributed by atoms with Crippen molar-refractivity contribution in [2.24, 2.45) is 0 Å². The molecule has 2 rings (SSSR count). The SMILES string of the molecule is CCC(C)Nc1cc(N(C)CCc2ccncc2)ncn1. The van der Waals surface area contributed by atoms with Crippen LogP contribution in [0, 0.1) is 0 Å². The van der Waals surface area contributed by atoms with Crippen molar-refractivity contribution in [3.8, 4) is 0 Å². The molecule has 2 heterocycles. The molecule has 1 unspecified atom stereocenters. The highest BCUT2D eigenvalue weighted by atomic mass is 15.2. The molecule has 5 nitrogen and oxygen atoms in total. The maximum Gasteiger partial charge on any atom is 0.133 e. The van der Waals surface area contributed by atoms with Crippen molar-refractivity contribution < 1.29 is 0 Å². The monoisotopic (exact) mass is 285 g/mol. The summed E-state index contributed by atoms with van der Waals surface area (Å²) in [7, 11) is 2.05. The third kappa shape index (κ3) is 4.70. The van der Waals surface area contributed by atoms with Crippen LogP contribution in [0.4, 0.5) is 11.6 Å². The second kappa shape index (κ2) is 7.57. The predicted molar refractivity (Wildman–Crippen MR) is 86.6 cm³/mol. The lowest BCUT2D eigenvalue weighted by molar-refractivity contribution is 0.757. The maximum absolute atomic E-state index is 4.35. The second-order valence-electron chi connectivity index (χ2n) is 5.24. The van der Waals surface area contributed by atoms with Crippen LogP contribution in [-0.4, -0.2) is 34.6 Å². The Balaban J connectivity index is 1.95. The number of nitrogens with one attached hydrogen (secondary N) is 1. The molecule has 0 saturated heterocycles. The molecule has 2 aromatic heterocycles. The summed E-state index contributed by atoms with van der Waals surface area (Å²) in [5.41, 5.74) is 1.28. The highest BCUT2D eigenvalue weighted by Gasteiger charge is 2.06. The summed E-state index contributed by atoms with van der Waals surface area (Å²) < 4.78 is 0. The summed E-state index contributed by atoms with van der Waals surface area (Å²) in [4.78, 5) is 14.8. The first kappa shape index (κ1) is 15.2. The molecule has 0 aromatic carbocycles. The topological polar surface area (TPSA) is 53.9 Å². The predicted octanol–water partition coefficient (Wildman–Crippen LogP) is 2.76. The van der Waals surface area contributed by atoms with E-state index in [1.165, 1.54) is 5.56 Å². The molecule has 112 valence electrons. The van der Waals surface area contributed by atoms with Crippen LogP contribution < -0.4 is 10.2 Å². The van der Waals surface area contributed by atoms with Gasteiger partial charge in [-0.05, 0) is 37.5 Å². The lowest BCUT2D eigenvalue weighted by Gasteiger charge is -2.19. The molecule has 0 saturated carbocycles. The number of anilines is 2. The molecule has 0 radical (unpaired) electrons. The molecule has 0 bridgehead atoms. The minimum absolute atomic E-state index is 0.412.